The molecule has 5 rings (SSSR count). The Morgan fingerprint density at radius 2 is 1.47 bits per heavy atom. The number of aromatic hydroxyl groups is 3. The van der Waals surface area contributed by atoms with Crippen LogP contribution >= 0.6 is 0 Å². The summed E-state index contributed by atoms with van der Waals surface area (Å²) in [4.78, 5) is 26.4. The zero-order valence-electron chi connectivity index (χ0n) is 18.0. The summed E-state index contributed by atoms with van der Waals surface area (Å²) in [7, 11) is 0. The molecule has 8 nitrogen and oxygen atoms in total. The maximum atomic E-state index is 11.7. The van der Waals surface area contributed by atoms with Crippen LogP contribution in [0.25, 0.3) is 32.9 Å². The highest BCUT2D eigenvalue weighted by atomic mass is 16.5. The number of hydrogen-bond acceptors (Lipinski definition) is 7. The number of benzene rings is 2. The van der Waals surface area contributed by atoms with Crippen molar-refractivity contribution in [3.63, 3.8) is 0 Å². The Labute approximate surface area is 192 Å². The SMILES string of the molecule is Cc1cc(=O)c(O)c(O)cc1-c1cccc2ccccc12.O=c1cc(O)c2cccnc2n1O. The molecule has 0 fully saturated rings. The molecule has 170 valence electrons. The van der Waals surface area contributed by atoms with Gasteiger partial charge >= 0.3 is 0 Å². The van der Waals surface area contributed by atoms with Gasteiger partial charge in [-0.3, -0.25) is 9.59 Å². The zero-order valence-corrected chi connectivity index (χ0v) is 18.0. The second kappa shape index (κ2) is 8.95. The van der Waals surface area contributed by atoms with Crippen molar-refractivity contribution in [2.24, 2.45) is 0 Å². The summed E-state index contributed by atoms with van der Waals surface area (Å²) in [6.07, 6.45) is 1.42. The maximum absolute atomic E-state index is 11.7. The smallest absolute Gasteiger partial charge is 0.288 e. The number of fused-ring (bicyclic) bond motifs is 2. The predicted molar refractivity (Wildman–Crippen MR) is 129 cm³/mol. The van der Waals surface area contributed by atoms with Crippen LogP contribution in [0.5, 0.6) is 17.2 Å². The molecule has 0 aliphatic rings. The summed E-state index contributed by atoms with van der Waals surface area (Å²) in [5.41, 5.74) is 1.09. The van der Waals surface area contributed by atoms with Gasteiger partial charge in [0.25, 0.3) is 5.56 Å². The Hall–Kier alpha value is -4.85. The molecule has 5 aromatic rings. The normalized spacial score (nSPS) is 10.6. The molecule has 0 radical (unpaired) electrons. The van der Waals surface area contributed by atoms with Crippen LogP contribution in [0.1, 0.15) is 5.56 Å². The molecule has 0 amide bonds. The van der Waals surface area contributed by atoms with E-state index in [4.69, 9.17) is 0 Å². The molecular weight excluding hydrogens is 436 g/mol. The van der Waals surface area contributed by atoms with Gasteiger partial charge in [-0.15, -0.1) is 4.73 Å². The molecule has 34 heavy (non-hydrogen) atoms. The standard InChI is InChI=1S/C18H14O3.C8H6N2O3/c1-11-9-16(19)18(21)17(20)10-15(11)14-8-4-6-12-5-2-3-7-13(12)14;11-6-4-7(12)10(13)8-5(6)2-1-3-9-8/h2-10H,1H3,(H2,19,20,21);1-4,11,13H. The van der Waals surface area contributed by atoms with Crippen LogP contribution in [0.3, 0.4) is 0 Å². The van der Waals surface area contributed by atoms with Gasteiger partial charge in [-0.05, 0) is 58.7 Å². The van der Waals surface area contributed by atoms with Crippen molar-refractivity contribution in [1.29, 1.82) is 0 Å². The Balaban J connectivity index is 0.000000180. The molecule has 0 spiro atoms. The summed E-state index contributed by atoms with van der Waals surface area (Å²) < 4.78 is 0.398. The van der Waals surface area contributed by atoms with Gasteiger partial charge in [0.15, 0.2) is 11.4 Å². The third kappa shape index (κ3) is 4.12. The molecule has 0 saturated carbocycles. The molecule has 2 heterocycles. The first kappa shape index (κ1) is 22.3. The van der Waals surface area contributed by atoms with E-state index < -0.39 is 22.5 Å². The van der Waals surface area contributed by atoms with E-state index in [0.717, 1.165) is 28.0 Å². The fourth-order valence-electron chi connectivity index (χ4n) is 3.66. The Kier molecular flexibility index (Phi) is 5.88. The van der Waals surface area contributed by atoms with Crippen molar-refractivity contribution in [2.45, 2.75) is 6.92 Å². The summed E-state index contributed by atoms with van der Waals surface area (Å²) in [6.45, 7) is 1.79. The number of pyridine rings is 2. The minimum atomic E-state index is -0.705. The summed E-state index contributed by atoms with van der Waals surface area (Å²) in [5.74, 6) is -1.21. The first-order chi connectivity index (χ1) is 16.3. The Morgan fingerprint density at radius 1 is 0.765 bits per heavy atom. The van der Waals surface area contributed by atoms with Gasteiger partial charge in [0, 0.05) is 12.3 Å². The molecular formula is C26H20N2O6. The predicted octanol–water partition coefficient (Wildman–Crippen LogP) is 3.93. The fourth-order valence-corrected chi connectivity index (χ4v) is 3.66. The highest BCUT2D eigenvalue weighted by Gasteiger charge is 2.11. The van der Waals surface area contributed by atoms with Crippen LogP contribution in [0.2, 0.25) is 0 Å². The molecule has 0 bridgehead atoms. The third-order valence-corrected chi connectivity index (χ3v) is 5.34. The van der Waals surface area contributed by atoms with Crippen molar-refractivity contribution >= 4 is 21.8 Å². The highest BCUT2D eigenvalue weighted by Crippen LogP contribution is 2.33. The van der Waals surface area contributed by atoms with Gasteiger partial charge in [-0.2, -0.15) is 0 Å². The second-order valence-corrected chi connectivity index (χ2v) is 7.56. The molecule has 0 unspecified atom stereocenters. The van der Waals surface area contributed by atoms with Gasteiger partial charge in [-0.25, -0.2) is 4.98 Å². The van der Waals surface area contributed by atoms with Crippen molar-refractivity contribution in [3.05, 3.63) is 105 Å². The van der Waals surface area contributed by atoms with Gasteiger partial charge < -0.3 is 20.5 Å². The average Bonchev–Trinajstić information content (AvgIpc) is 2.94. The number of rotatable bonds is 1. The maximum Gasteiger partial charge on any atom is 0.288 e. The molecule has 3 aromatic carbocycles. The highest BCUT2D eigenvalue weighted by molar-refractivity contribution is 5.97. The quantitative estimate of drug-likeness (QED) is 0.281. The van der Waals surface area contributed by atoms with Gasteiger partial charge in [0.05, 0.1) is 5.39 Å². The minimum Gasteiger partial charge on any atom is -0.507 e. The zero-order chi connectivity index (χ0) is 24.4. The lowest BCUT2D eigenvalue weighted by molar-refractivity contribution is 0.186. The number of hydrogen-bond donors (Lipinski definition) is 4. The van der Waals surface area contributed by atoms with E-state index in [1.54, 1.807) is 19.1 Å². The molecule has 0 aliphatic heterocycles. The third-order valence-electron chi connectivity index (χ3n) is 5.34. The van der Waals surface area contributed by atoms with Crippen LogP contribution in [0, 0.1) is 6.92 Å². The van der Waals surface area contributed by atoms with Crippen molar-refractivity contribution < 1.29 is 20.5 Å². The van der Waals surface area contributed by atoms with Gasteiger partial charge in [0.2, 0.25) is 11.2 Å². The summed E-state index contributed by atoms with van der Waals surface area (Å²) in [5, 5.41) is 40.4. The van der Waals surface area contributed by atoms with E-state index in [1.165, 1.54) is 18.3 Å². The molecule has 2 aromatic heterocycles. The van der Waals surface area contributed by atoms with Crippen molar-refractivity contribution in [2.75, 3.05) is 0 Å². The summed E-state index contributed by atoms with van der Waals surface area (Å²) in [6, 6.07) is 20.7. The molecule has 0 saturated heterocycles. The largest absolute Gasteiger partial charge is 0.507 e. The average molecular weight is 456 g/mol. The lowest BCUT2D eigenvalue weighted by Crippen LogP contribution is -2.17. The van der Waals surface area contributed by atoms with E-state index in [-0.39, 0.29) is 11.4 Å². The first-order valence-corrected chi connectivity index (χ1v) is 10.2. The molecule has 4 N–H and O–H groups in total. The minimum absolute atomic E-state index is 0.0486. The molecule has 0 aliphatic carbocycles. The number of aromatic nitrogens is 2. The van der Waals surface area contributed by atoms with Crippen molar-refractivity contribution in [1.82, 2.24) is 9.71 Å². The fraction of sp³-hybridized carbons (Fsp3) is 0.0385. The monoisotopic (exact) mass is 456 g/mol. The van der Waals surface area contributed by atoms with Crippen LogP contribution in [-0.4, -0.2) is 30.2 Å². The van der Waals surface area contributed by atoms with E-state index in [2.05, 4.69) is 4.98 Å². The van der Waals surface area contributed by atoms with Crippen LogP contribution in [-0.2, 0) is 0 Å². The van der Waals surface area contributed by atoms with E-state index >= 15 is 0 Å². The second-order valence-electron chi connectivity index (χ2n) is 7.56. The van der Waals surface area contributed by atoms with Crippen molar-refractivity contribution in [3.8, 4) is 28.4 Å². The summed E-state index contributed by atoms with van der Waals surface area (Å²) >= 11 is 0. The van der Waals surface area contributed by atoms with Crippen LogP contribution < -0.4 is 11.0 Å². The van der Waals surface area contributed by atoms with Gasteiger partial charge in [0.1, 0.15) is 5.75 Å². The van der Waals surface area contributed by atoms with Gasteiger partial charge in [-0.1, -0.05) is 42.5 Å². The number of nitrogens with zero attached hydrogens (tertiary/aromatic N) is 2. The van der Waals surface area contributed by atoms with Crippen LogP contribution in [0.15, 0.2) is 88.6 Å². The Bertz CT molecular complexity index is 1660. The van der Waals surface area contributed by atoms with E-state index in [0.29, 0.717) is 15.7 Å². The Morgan fingerprint density at radius 3 is 2.26 bits per heavy atom. The van der Waals surface area contributed by atoms with Crippen LogP contribution in [0.4, 0.5) is 0 Å². The lowest BCUT2D eigenvalue weighted by atomic mass is 9.96. The first-order valence-electron chi connectivity index (χ1n) is 10.2. The lowest BCUT2D eigenvalue weighted by Gasteiger charge is -2.07. The molecule has 0 atom stereocenters. The number of aryl methyl sites for hydroxylation is 1. The van der Waals surface area contributed by atoms with E-state index in [9.17, 15) is 30.1 Å². The topological polar surface area (TPSA) is 133 Å². The van der Waals surface area contributed by atoms with E-state index in [1.807, 2.05) is 42.5 Å². The molecule has 8 heteroatoms.